The highest BCUT2D eigenvalue weighted by molar-refractivity contribution is 6.09. The molecule has 3 aromatic carbocycles. The number of aromatic nitrogens is 1. The molecule has 0 aliphatic carbocycles. The summed E-state index contributed by atoms with van der Waals surface area (Å²) in [6.07, 6.45) is 1.46. The van der Waals surface area contributed by atoms with Crippen LogP contribution < -0.4 is 0 Å². The quantitative estimate of drug-likeness (QED) is 0.222. The summed E-state index contributed by atoms with van der Waals surface area (Å²) in [6, 6.07) is 23.0. The average molecular weight is 409 g/mol. The van der Waals surface area contributed by atoms with Crippen molar-refractivity contribution in [3.63, 3.8) is 0 Å². The number of fused-ring (bicyclic) bond motifs is 3. The summed E-state index contributed by atoms with van der Waals surface area (Å²) < 4.78 is 6.09. The highest BCUT2D eigenvalue weighted by Gasteiger charge is 2.13. The predicted molar refractivity (Wildman–Crippen MR) is 119 cm³/mol. The van der Waals surface area contributed by atoms with Crippen molar-refractivity contribution in [2.45, 2.75) is 0 Å². The summed E-state index contributed by atoms with van der Waals surface area (Å²) in [5.41, 5.74) is 3.60. The molecule has 1 N–H and O–H groups in total. The van der Waals surface area contributed by atoms with Crippen molar-refractivity contribution < 1.29 is 14.4 Å². The van der Waals surface area contributed by atoms with Crippen LogP contribution in [0.1, 0.15) is 5.69 Å². The number of nitro groups is 1. The van der Waals surface area contributed by atoms with Gasteiger partial charge in [0.15, 0.2) is 0 Å². The number of aromatic hydroxyl groups is 1. The van der Waals surface area contributed by atoms with Crippen molar-refractivity contribution in [1.82, 2.24) is 4.98 Å². The van der Waals surface area contributed by atoms with E-state index in [9.17, 15) is 15.2 Å². The summed E-state index contributed by atoms with van der Waals surface area (Å²) in [5, 5.41) is 23.0. The molecule has 7 nitrogen and oxygen atoms in total. The number of aliphatic imine (C=N–C) groups is 1. The maximum Gasteiger partial charge on any atom is 0.271 e. The smallest absolute Gasteiger partial charge is 0.271 e. The number of pyridine rings is 1. The molecule has 0 saturated heterocycles. The Hall–Kier alpha value is -4.52. The number of nitrogens with zero attached hydrogens (tertiary/aromatic N) is 3. The van der Waals surface area contributed by atoms with Gasteiger partial charge >= 0.3 is 0 Å². The van der Waals surface area contributed by atoms with E-state index >= 15 is 0 Å². The van der Waals surface area contributed by atoms with E-state index in [0.29, 0.717) is 11.4 Å². The predicted octanol–water partition coefficient (Wildman–Crippen LogP) is 6.01. The van der Waals surface area contributed by atoms with Gasteiger partial charge in [0.2, 0.25) is 0 Å². The van der Waals surface area contributed by atoms with Gasteiger partial charge in [-0.3, -0.25) is 15.1 Å². The first-order valence-corrected chi connectivity index (χ1v) is 9.49. The molecule has 5 rings (SSSR count). The number of phenolic OH excluding ortho intramolecular Hbond substituents is 1. The van der Waals surface area contributed by atoms with E-state index in [-0.39, 0.29) is 17.1 Å². The average Bonchev–Trinajstić information content (AvgIpc) is 3.17. The maximum absolute atomic E-state index is 11.0. The molecule has 0 aliphatic rings. The fraction of sp³-hybridized carbons (Fsp3) is 0. The molecule has 0 saturated carbocycles. The lowest BCUT2D eigenvalue weighted by Gasteiger charge is -2.03. The van der Waals surface area contributed by atoms with Gasteiger partial charge < -0.3 is 9.52 Å². The van der Waals surface area contributed by atoms with Crippen LogP contribution in [0.4, 0.5) is 11.4 Å². The first-order chi connectivity index (χ1) is 15.1. The van der Waals surface area contributed by atoms with Gasteiger partial charge in [-0.1, -0.05) is 36.4 Å². The number of benzene rings is 3. The van der Waals surface area contributed by atoms with Gasteiger partial charge in [-0.2, -0.15) is 0 Å². The Morgan fingerprint density at radius 2 is 1.77 bits per heavy atom. The van der Waals surface area contributed by atoms with Crippen LogP contribution in [-0.4, -0.2) is 21.2 Å². The largest absolute Gasteiger partial charge is 0.506 e. The fourth-order valence-corrected chi connectivity index (χ4v) is 3.49. The lowest BCUT2D eigenvalue weighted by Crippen LogP contribution is -1.91. The number of furan rings is 1. The Morgan fingerprint density at radius 3 is 2.65 bits per heavy atom. The van der Waals surface area contributed by atoms with Crippen molar-refractivity contribution in [3.05, 3.63) is 94.7 Å². The van der Waals surface area contributed by atoms with Gasteiger partial charge in [0.05, 0.1) is 22.5 Å². The highest BCUT2D eigenvalue weighted by Crippen LogP contribution is 2.35. The Balaban J connectivity index is 1.55. The Bertz CT molecular complexity index is 1490. The van der Waals surface area contributed by atoms with E-state index in [1.807, 2.05) is 54.6 Å². The minimum atomic E-state index is -0.536. The molecule has 5 aromatic rings. The molecule has 0 atom stereocenters. The molecule has 0 amide bonds. The molecule has 0 fully saturated rings. The number of phenols is 1. The number of hydrogen-bond acceptors (Lipinski definition) is 6. The van der Waals surface area contributed by atoms with Crippen LogP contribution in [0, 0.1) is 10.1 Å². The Morgan fingerprint density at radius 1 is 0.968 bits per heavy atom. The van der Waals surface area contributed by atoms with Crippen LogP contribution in [0.5, 0.6) is 5.75 Å². The molecule has 2 aromatic heterocycles. The lowest BCUT2D eigenvalue weighted by molar-refractivity contribution is -0.384. The van der Waals surface area contributed by atoms with Gasteiger partial charge in [0.1, 0.15) is 22.6 Å². The minimum absolute atomic E-state index is 0.0980. The molecular formula is C24H15N3O4. The molecule has 0 spiro atoms. The summed E-state index contributed by atoms with van der Waals surface area (Å²) in [6.45, 7) is 0. The van der Waals surface area contributed by atoms with Crippen LogP contribution >= 0.6 is 0 Å². The normalized spacial score (nSPS) is 11.5. The van der Waals surface area contributed by atoms with Crippen molar-refractivity contribution in [1.29, 1.82) is 0 Å². The molecule has 2 heterocycles. The van der Waals surface area contributed by atoms with Crippen molar-refractivity contribution in [3.8, 4) is 17.0 Å². The second kappa shape index (κ2) is 7.38. The second-order valence-corrected chi connectivity index (χ2v) is 6.92. The Kier molecular flexibility index (Phi) is 4.41. The third-order valence-corrected chi connectivity index (χ3v) is 4.96. The standard InChI is InChI=1S/C24H15N3O4/c28-22-12-11-16(27(29)30)13-21(22)25-14-15-5-3-9-20(26-15)19-8-4-7-18-17-6-1-2-10-23(17)31-24(18)19/h1-14,28H/b25-14+. The first-order valence-electron chi connectivity index (χ1n) is 9.49. The van der Waals surface area contributed by atoms with Crippen LogP contribution in [0.3, 0.4) is 0 Å². The Labute approximate surface area is 176 Å². The zero-order chi connectivity index (χ0) is 21.4. The monoisotopic (exact) mass is 409 g/mol. The zero-order valence-electron chi connectivity index (χ0n) is 16.1. The molecule has 0 aliphatic heterocycles. The van der Waals surface area contributed by atoms with Crippen LogP contribution in [-0.2, 0) is 0 Å². The van der Waals surface area contributed by atoms with E-state index < -0.39 is 4.92 Å². The molecule has 31 heavy (non-hydrogen) atoms. The minimum Gasteiger partial charge on any atom is -0.506 e. The third-order valence-electron chi connectivity index (χ3n) is 4.96. The highest BCUT2D eigenvalue weighted by atomic mass is 16.6. The van der Waals surface area contributed by atoms with E-state index in [1.54, 1.807) is 6.07 Å². The van der Waals surface area contributed by atoms with Gasteiger partial charge in [0, 0.05) is 28.5 Å². The van der Waals surface area contributed by atoms with Crippen molar-refractivity contribution >= 4 is 39.5 Å². The number of nitro benzene ring substituents is 1. The zero-order valence-corrected chi connectivity index (χ0v) is 16.1. The summed E-state index contributed by atoms with van der Waals surface area (Å²) in [4.78, 5) is 19.3. The summed E-state index contributed by atoms with van der Waals surface area (Å²) in [5.74, 6) is -0.148. The SMILES string of the molecule is O=[N+]([O-])c1ccc(O)c(/N=C/c2cccc(-c3cccc4c3oc3ccccc34)n2)c1. The summed E-state index contributed by atoms with van der Waals surface area (Å²) >= 11 is 0. The van der Waals surface area contributed by atoms with Crippen LogP contribution in [0.25, 0.3) is 33.2 Å². The summed E-state index contributed by atoms with van der Waals surface area (Å²) in [7, 11) is 0. The number of non-ortho nitro benzene ring substituents is 1. The van der Waals surface area contributed by atoms with Gasteiger partial charge in [-0.05, 0) is 30.3 Å². The van der Waals surface area contributed by atoms with Crippen molar-refractivity contribution in [2.24, 2.45) is 4.99 Å². The molecule has 0 radical (unpaired) electrons. The molecule has 7 heteroatoms. The number of rotatable bonds is 4. The molecule has 0 bridgehead atoms. The van der Waals surface area contributed by atoms with Crippen LogP contribution in [0.2, 0.25) is 0 Å². The van der Waals surface area contributed by atoms with Gasteiger partial charge in [-0.25, -0.2) is 4.98 Å². The van der Waals surface area contributed by atoms with E-state index in [1.165, 1.54) is 24.4 Å². The third kappa shape index (κ3) is 3.38. The number of hydrogen-bond donors (Lipinski definition) is 1. The number of para-hydroxylation sites is 2. The van der Waals surface area contributed by atoms with E-state index in [2.05, 4.69) is 9.98 Å². The first kappa shape index (κ1) is 18.5. The van der Waals surface area contributed by atoms with Gasteiger partial charge in [-0.15, -0.1) is 0 Å². The molecule has 150 valence electrons. The fourth-order valence-electron chi connectivity index (χ4n) is 3.49. The van der Waals surface area contributed by atoms with Crippen LogP contribution in [0.15, 0.2) is 88.3 Å². The van der Waals surface area contributed by atoms with Crippen molar-refractivity contribution in [2.75, 3.05) is 0 Å². The lowest BCUT2D eigenvalue weighted by atomic mass is 10.1. The second-order valence-electron chi connectivity index (χ2n) is 6.92. The van der Waals surface area contributed by atoms with E-state index in [0.717, 1.165) is 27.5 Å². The maximum atomic E-state index is 11.0. The van der Waals surface area contributed by atoms with Gasteiger partial charge in [0.25, 0.3) is 5.69 Å². The van der Waals surface area contributed by atoms with E-state index in [4.69, 9.17) is 4.42 Å². The molecule has 0 unspecified atom stereocenters. The topological polar surface area (TPSA) is 102 Å². The molecular weight excluding hydrogens is 394 g/mol.